The number of benzene rings is 1. The molecule has 1 heterocycles. The third-order valence-electron chi connectivity index (χ3n) is 2.72. The number of hydrogen-bond donors (Lipinski definition) is 0. The summed E-state index contributed by atoms with van der Waals surface area (Å²) in [5.74, 6) is 0.795. The molecule has 3 nitrogen and oxygen atoms in total. The molecule has 0 aliphatic carbocycles. The van der Waals surface area contributed by atoms with E-state index in [1.807, 2.05) is 17.7 Å². The fourth-order valence-corrected chi connectivity index (χ4v) is 2.54. The molecule has 1 aromatic carbocycles. The Labute approximate surface area is 115 Å². The van der Waals surface area contributed by atoms with Crippen molar-refractivity contribution in [2.24, 2.45) is 0 Å². The molecule has 0 aliphatic rings. The lowest BCUT2D eigenvalue weighted by Gasteiger charge is -2.04. The van der Waals surface area contributed by atoms with Gasteiger partial charge in [-0.2, -0.15) is 0 Å². The lowest BCUT2D eigenvalue weighted by Crippen LogP contribution is -2.11. The number of aromatic nitrogens is 2. The lowest BCUT2D eigenvalue weighted by molar-refractivity contribution is -0.116. The van der Waals surface area contributed by atoms with Gasteiger partial charge in [-0.1, -0.05) is 12.1 Å². The zero-order valence-electron chi connectivity index (χ0n) is 10.7. The van der Waals surface area contributed by atoms with Gasteiger partial charge < -0.3 is 4.57 Å². The Morgan fingerprint density at radius 2 is 2.21 bits per heavy atom. The van der Waals surface area contributed by atoms with E-state index >= 15 is 0 Å². The van der Waals surface area contributed by atoms with Crippen molar-refractivity contribution in [1.82, 2.24) is 9.55 Å². The van der Waals surface area contributed by atoms with Crippen molar-refractivity contribution in [1.29, 1.82) is 0 Å². The van der Waals surface area contributed by atoms with Gasteiger partial charge in [0, 0.05) is 23.8 Å². The summed E-state index contributed by atoms with van der Waals surface area (Å²) >= 11 is 1.23. The highest BCUT2D eigenvalue weighted by molar-refractivity contribution is 8.00. The van der Waals surface area contributed by atoms with Crippen LogP contribution in [0.2, 0.25) is 0 Å². The highest BCUT2D eigenvalue weighted by atomic mass is 32.2. The average molecular weight is 278 g/mol. The third-order valence-corrected chi connectivity index (χ3v) is 3.83. The second-order valence-corrected chi connectivity index (χ2v) is 5.08. The maximum Gasteiger partial charge on any atom is 0.150 e. The summed E-state index contributed by atoms with van der Waals surface area (Å²) in [7, 11) is 0. The quantitative estimate of drug-likeness (QED) is 0.762. The van der Waals surface area contributed by atoms with Crippen LogP contribution in [0.1, 0.15) is 12.7 Å². The van der Waals surface area contributed by atoms with Crippen LogP contribution in [0, 0.1) is 5.82 Å². The molecule has 0 N–H and O–H groups in total. The minimum Gasteiger partial charge on any atom is -0.335 e. The molecule has 0 bridgehead atoms. The molecule has 0 aliphatic heterocycles. The highest BCUT2D eigenvalue weighted by Crippen LogP contribution is 2.21. The number of thioether (sulfide) groups is 1. The van der Waals surface area contributed by atoms with Crippen molar-refractivity contribution < 1.29 is 9.18 Å². The number of Topliss-reactive ketones (excluding diaryl/α,β-unsaturated/α-hetero) is 1. The number of halogens is 1. The predicted octanol–water partition coefficient (Wildman–Crippen LogP) is 2.95. The van der Waals surface area contributed by atoms with Crippen LogP contribution in [0.15, 0.2) is 41.6 Å². The van der Waals surface area contributed by atoms with Crippen LogP contribution < -0.4 is 0 Å². The van der Waals surface area contributed by atoms with Crippen LogP contribution in [0.4, 0.5) is 4.39 Å². The molecule has 5 heteroatoms. The van der Waals surface area contributed by atoms with Crippen LogP contribution in [-0.2, 0) is 17.8 Å². The number of carbonyl (C=O) groups is 1. The number of rotatable bonds is 6. The van der Waals surface area contributed by atoms with Gasteiger partial charge in [0.1, 0.15) is 11.6 Å². The molecule has 0 radical (unpaired) electrons. The molecule has 100 valence electrons. The van der Waals surface area contributed by atoms with E-state index in [9.17, 15) is 9.18 Å². The van der Waals surface area contributed by atoms with Crippen molar-refractivity contribution in [3.63, 3.8) is 0 Å². The summed E-state index contributed by atoms with van der Waals surface area (Å²) in [5.41, 5.74) is 0. The Bertz CT molecular complexity index is 568. The monoisotopic (exact) mass is 278 g/mol. The topological polar surface area (TPSA) is 34.9 Å². The Morgan fingerprint density at radius 3 is 2.95 bits per heavy atom. The van der Waals surface area contributed by atoms with E-state index in [1.165, 1.54) is 17.8 Å². The van der Waals surface area contributed by atoms with Gasteiger partial charge in [-0.15, -0.1) is 11.8 Å². The molecular weight excluding hydrogens is 263 g/mol. The van der Waals surface area contributed by atoms with E-state index in [0.29, 0.717) is 11.3 Å². The first-order valence-corrected chi connectivity index (χ1v) is 7.08. The minimum absolute atomic E-state index is 0.0501. The number of nitrogens with zero attached hydrogens (tertiary/aromatic N) is 2. The second kappa shape index (κ2) is 6.52. The van der Waals surface area contributed by atoms with Crippen LogP contribution in [-0.4, -0.2) is 21.1 Å². The normalized spacial score (nSPS) is 10.6. The number of carbonyl (C=O) groups excluding carboxylic acids is 1. The molecule has 2 rings (SSSR count). The summed E-state index contributed by atoms with van der Waals surface area (Å²) in [4.78, 5) is 16.5. The van der Waals surface area contributed by atoms with Crippen LogP contribution in [0.3, 0.4) is 0 Å². The molecule has 1 aromatic heterocycles. The molecule has 0 saturated carbocycles. The van der Waals surface area contributed by atoms with E-state index in [0.717, 1.165) is 12.4 Å². The fourth-order valence-electron chi connectivity index (χ4n) is 1.74. The lowest BCUT2D eigenvalue weighted by atomic mass is 10.3. The van der Waals surface area contributed by atoms with Gasteiger partial charge in [0.05, 0.1) is 12.2 Å². The molecule has 0 unspecified atom stereocenters. The molecule has 2 aromatic rings. The van der Waals surface area contributed by atoms with E-state index < -0.39 is 0 Å². The van der Waals surface area contributed by atoms with Gasteiger partial charge in [-0.25, -0.2) is 9.37 Å². The van der Waals surface area contributed by atoms with E-state index in [2.05, 4.69) is 4.98 Å². The predicted molar refractivity (Wildman–Crippen MR) is 73.7 cm³/mol. The summed E-state index contributed by atoms with van der Waals surface area (Å²) < 4.78 is 15.3. The first-order valence-electron chi connectivity index (χ1n) is 6.09. The molecule has 0 atom stereocenters. The van der Waals surface area contributed by atoms with Crippen molar-refractivity contribution in [3.05, 3.63) is 48.3 Å². The Hall–Kier alpha value is -1.62. The van der Waals surface area contributed by atoms with E-state index in [-0.39, 0.29) is 17.4 Å². The zero-order chi connectivity index (χ0) is 13.7. The molecule has 0 fully saturated rings. The number of aryl methyl sites for hydroxylation is 1. The largest absolute Gasteiger partial charge is 0.335 e. The van der Waals surface area contributed by atoms with Crippen LogP contribution >= 0.6 is 11.8 Å². The first-order chi connectivity index (χ1) is 9.20. The van der Waals surface area contributed by atoms with Gasteiger partial charge in [-0.3, -0.25) is 4.79 Å². The van der Waals surface area contributed by atoms with Crippen molar-refractivity contribution in [3.8, 4) is 0 Å². The molecule has 19 heavy (non-hydrogen) atoms. The molecular formula is C14H15FN2OS. The van der Waals surface area contributed by atoms with Gasteiger partial charge in [0.25, 0.3) is 0 Å². The molecule has 0 spiro atoms. The third kappa shape index (κ3) is 3.67. The minimum atomic E-state index is -0.282. The summed E-state index contributed by atoms with van der Waals surface area (Å²) in [6.07, 6.45) is 3.84. The second-order valence-electron chi connectivity index (χ2n) is 4.06. The Balaban J connectivity index is 1.90. The SMILES string of the molecule is CCn1ccnc1CC(=O)CSc1ccccc1F. The zero-order valence-corrected chi connectivity index (χ0v) is 11.5. The van der Waals surface area contributed by atoms with E-state index in [1.54, 1.807) is 24.4 Å². The fraction of sp³-hybridized carbons (Fsp3) is 0.286. The number of imidazole rings is 1. The summed E-state index contributed by atoms with van der Waals surface area (Å²) in [6, 6.07) is 6.48. The first kappa shape index (κ1) is 13.8. The molecule has 0 amide bonds. The van der Waals surface area contributed by atoms with Gasteiger partial charge in [0.2, 0.25) is 0 Å². The number of ketones is 1. The van der Waals surface area contributed by atoms with Crippen molar-refractivity contribution in [2.45, 2.75) is 24.8 Å². The standard InChI is InChI=1S/C14H15FN2OS/c1-2-17-8-7-16-14(17)9-11(18)10-19-13-6-4-3-5-12(13)15/h3-8H,2,9-10H2,1H3. The number of hydrogen-bond acceptors (Lipinski definition) is 3. The van der Waals surface area contributed by atoms with Gasteiger partial charge in [0.15, 0.2) is 5.78 Å². The smallest absolute Gasteiger partial charge is 0.150 e. The maximum atomic E-state index is 13.4. The highest BCUT2D eigenvalue weighted by Gasteiger charge is 2.10. The van der Waals surface area contributed by atoms with Crippen molar-refractivity contribution >= 4 is 17.5 Å². The van der Waals surface area contributed by atoms with Crippen molar-refractivity contribution in [2.75, 3.05) is 5.75 Å². The van der Waals surface area contributed by atoms with E-state index in [4.69, 9.17) is 0 Å². The Kier molecular flexibility index (Phi) is 4.74. The van der Waals surface area contributed by atoms with Crippen LogP contribution in [0.5, 0.6) is 0 Å². The van der Waals surface area contributed by atoms with Gasteiger partial charge >= 0.3 is 0 Å². The van der Waals surface area contributed by atoms with Crippen LogP contribution in [0.25, 0.3) is 0 Å². The summed E-state index contributed by atoms with van der Waals surface area (Å²) in [5, 5.41) is 0. The summed E-state index contributed by atoms with van der Waals surface area (Å²) in [6.45, 7) is 2.80. The van der Waals surface area contributed by atoms with Gasteiger partial charge in [-0.05, 0) is 19.1 Å². The Morgan fingerprint density at radius 1 is 1.42 bits per heavy atom. The average Bonchev–Trinajstić information content (AvgIpc) is 2.85. The maximum absolute atomic E-state index is 13.4. The molecule has 0 saturated heterocycles.